The molecule has 4 nitrogen and oxygen atoms in total. The van der Waals surface area contributed by atoms with E-state index in [1.807, 2.05) is 29.2 Å². The molecule has 1 amide bonds. The Bertz CT molecular complexity index is 918. The molecule has 0 spiro atoms. The quantitative estimate of drug-likeness (QED) is 0.575. The number of anilines is 1. The van der Waals surface area contributed by atoms with Crippen LogP contribution >= 0.6 is 50.2 Å². The van der Waals surface area contributed by atoms with Crippen molar-refractivity contribution in [2.75, 3.05) is 31.1 Å². The predicted octanol–water partition coefficient (Wildman–Crippen LogP) is 4.67. The Morgan fingerprint density at radius 1 is 1.16 bits per heavy atom. The molecule has 4 rings (SSSR count). The lowest BCUT2D eigenvalue weighted by molar-refractivity contribution is -0.130. The SMILES string of the molecule is O=C(Cc1ccc(Cl)s1)N1CCN(c2nc3ccc(Br)cc3s2)CC1. The normalized spacial score (nSPS) is 15.1. The number of hydrogen-bond donors (Lipinski definition) is 0. The number of fused-ring (bicyclic) bond motifs is 1. The van der Waals surface area contributed by atoms with Gasteiger partial charge in [-0.1, -0.05) is 38.9 Å². The molecule has 0 radical (unpaired) electrons. The van der Waals surface area contributed by atoms with Gasteiger partial charge < -0.3 is 9.80 Å². The molecule has 0 aliphatic carbocycles. The third-order valence-corrected chi connectivity index (χ3v) is 7.00. The van der Waals surface area contributed by atoms with Crippen LogP contribution in [0.5, 0.6) is 0 Å². The van der Waals surface area contributed by atoms with Crippen molar-refractivity contribution in [3.63, 3.8) is 0 Å². The average Bonchev–Trinajstić information content (AvgIpc) is 3.20. The maximum Gasteiger partial charge on any atom is 0.227 e. The van der Waals surface area contributed by atoms with Crippen molar-refractivity contribution in [2.45, 2.75) is 6.42 Å². The standard InChI is InChI=1S/C17H15BrClN3OS2/c18-11-1-3-13-14(9-11)25-17(20-13)22-7-5-21(6-8-22)16(23)10-12-2-4-15(19)24-12/h1-4,9H,5-8,10H2. The van der Waals surface area contributed by atoms with Gasteiger partial charge >= 0.3 is 0 Å². The average molecular weight is 457 g/mol. The lowest BCUT2D eigenvalue weighted by Crippen LogP contribution is -2.49. The van der Waals surface area contributed by atoms with Gasteiger partial charge in [-0.25, -0.2) is 4.98 Å². The van der Waals surface area contributed by atoms with Gasteiger partial charge in [0.25, 0.3) is 0 Å². The van der Waals surface area contributed by atoms with E-state index in [0.29, 0.717) is 6.42 Å². The minimum absolute atomic E-state index is 0.173. The van der Waals surface area contributed by atoms with E-state index in [2.05, 4.69) is 26.9 Å². The van der Waals surface area contributed by atoms with Crippen LogP contribution in [-0.2, 0) is 11.2 Å². The molecule has 3 heterocycles. The second-order valence-corrected chi connectivity index (χ2v) is 9.58. The molecule has 0 atom stereocenters. The van der Waals surface area contributed by atoms with Crippen LogP contribution in [0.4, 0.5) is 5.13 Å². The Hall–Kier alpha value is -1.15. The van der Waals surface area contributed by atoms with Crippen molar-refractivity contribution < 1.29 is 4.79 Å². The van der Waals surface area contributed by atoms with Crippen molar-refractivity contribution in [3.8, 4) is 0 Å². The van der Waals surface area contributed by atoms with Crippen molar-refractivity contribution >= 4 is 71.5 Å². The Labute approximate surface area is 167 Å². The number of thiazole rings is 1. The number of rotatable bonds is 3. The van der Waals surface area contributed by atoms with Crippen molar-refractivity contribution in [1.82, 2.24) is 9.88 Å². The molecular formula is C17H15BrClN3OS2. The largest absolute Gasteiger partial charge is 0.345 e. The number of aromatic nitrogens is 1. The van der Waals surface area contributed by atoms with Gasteiger partial charge in [-0.15, -0.1) is 11.3 Å². The summed E-state index contributed by atoms with van der Waals surface area (Å²) in [6.45, 7) is 3.10. The van der Waals surface area contributed by atoms with Crippen LogP contribution in [-0.4, -0.2) is 42.0 Å². The van der Waals surface area contributed by atoms with Gasteiger partial charge in [-0.2, -0.15) is 0 Å². The van der Waals surface area contributed by atoms with Crippen LogP contribution < -0.4 is 4.90 Å². The number of benzene rings is 1. The first kappa shape index (κ1) is 17.3. The summed E-state index contributed by atoms with van der Waals surface area (Å²) in [6, 6.07) is 9.92. The number of thiophene rings is 1. The van der Waals surface area contributed by atoms with E-state index in [4.69, 9.17) is 16.6 Å². The Balaban J connectivity index is 1.39. The molecule has 1 saturated heterocycles. The van der Waals surface area contributed by atoms with Gasteiger partial charge in [0.05, 0.1) is 21.0 Å². The number of hydrogen-bond acceptors (Lipinski definition) is 5. The molecule has 0 saturated carbocycles. The number of piperazine rings is 1. The predicted molar refractivity (Wildman–Crippen MR) is 109 cm³/mol. The third kappa shape index (κ3) is 3.84. The molecule has 25 heavy (non-hydrogen) atoms. The molecule has 0 unspecified atom stereocenters. The van der Waals surface area contributed by atoms with E-state index in [9.17, 15) is 4.79 Å². The smallest absolute Gasteiger partial charge is 0.227 e. The lowest BCUT2D eigenvalue weighted by Gasteiger charge is -2.34. The fourth-order valence-electron chi connectivity index (χ4n) is 2.88. The number of carbonyl (C=O) groups is 1. The summed E-state index contributed by atoms with van der Waals surface area (Å²) < 4.78 is 2.98. The second kappa shape index (κ2) is 7.23. The van der Waals surface area contributed by atoms with Gasteiger partial charge in [0, 0.05) is 35.5 Å². The van der Waals surface area contributed by atoms with Gasteiger partial charge in [-0.05, 0) is 30.3 Å². The highest BCUT2D eigenvalue weighted by molar-refractivity contribution is 9.10. The summed E-state index contributed by atoms with van der Waals surface area (Å²) in [4.78, 5) is 22.4. The highest BCUT2D eigenvalue weighted by Crippen LogP contribution is 2.31. The van der Waals surface area contributed by atoms with Gasteiger partial charge in [-0.3, -0.25) is 4.79 Å². The zero-order valence-electron chi connectivity index (χ0n) is 13.2. The highest BCUT2D eigenvalue weighted by Gasteiger charge is 2.23. The van der Waals surface area contributed by atoms with Crippen LogP contribution in [0, 0.1) is 0 Å². The fourth-order valence-corrected chi connectivity index (χ4v) is 5.52. The van der Waals surface area contributed by atoms with Crippen molar-refractivity contribution in [1.29, 1.82) is 0 Å². The molecule has 130 valence electrons. The first-order valence-corrected chi connectivity index (χ1v) is 10.7. The molecule has 1 aliphatic rings. The van der Waals surface area contributed by atoms with Crippen molar-refractivity contribution in [2.24, 2.45) is 0 Å². The molecule has 1 aliphatic heterocycles. The molecule has 1 fully saturated rings. The fraction of sp³-hybridized carbons (Fsp3) is 0.294. The van der Waals surface area contributed by atoms with E-state index in [0.717, 1.165) is 50.5 Å². The Kier molecular flexibility index (Phi) is 4.99. The van der Waals surface area contributed by atoms with E-state index in [1.165, 1.54) is 16.0 Å². The van der Waals surface area contributed by atoms with Gasteiger partial charge in [0.15, 0.2) is 5.13 Å². The molecule has 3 aromatic rings. The van der Waals surface area contributed by atoms with Crippen LogP contribution in [0.15, 0.2) is 34.8 Å². The monoisotopic (exact) mass is 455 g/mol. The minimum atomic E-state index is 0.173. The zero-order chi connectivity index (χ0) is 17.4. The lowest BCUT2D eigenvalue weighted by atomic mass is 10.2. The van der Waals surface area contributed by atoms with Crippen LogP contribution in [0.3, 0.4) is 0 Å². The topological polar surface area (TPSA) is 36.4 Å². The van der Waals surface area contributed by atoms with Gasteiger partial charge in [0.1, 0.15) is 0 Å². The van der Waals surface area contributed by atoms with E-state index in [1.54, 1.807) is 11.3 Å². The Morgan fingerprint density at radius 3 is 2.68 bits per heavy atom. The summed E-state index contributed by atoms with van der Waals surface area (Å²) in [5, 5.41) is 1.03. The van der Waals surface area contributed by atoms with E-state index < -0.39 is 0 Å². The zero-order valence-corrected chi connectivity index (χ0v) is 17.2. The van der Waals surface area contributed by atoms with Crippen LogP contribution in [0.2, 0.25) is 4.34 Å². The summed E-state index contributed by atoms with van der Waals surface area (Å²) in [5.41, 5.74) is 1.02. The summed E-state index contributed by atoms with van der Waals surface area (Å²) >= 11 is 12.6. The maximum atomic E-state index is 12.5. The minimum Gasteiger partial charge on any atom is -0.345 e. The van der Waals surface area contributed by atoms with Crippen LogP contribution in [0.25, 0.3) is 10.2 Å². The number of amides is 1. The molecule has 1 aromatic carbocycles. The molecule has 0 bridgehead atoms. The summed E-state index contributed by atoms with van der Waals surface area (Å²) in [7, 11) is 0. The van der Waals surface area contributed by atoms with Crippen LogP contribution in [0.1, 0.15) is 4.88 Å². The molecule has 8 heteroatoms. The highest BCUT2D eigenvalue weighted by atomic mass is 79.9. The number of nitrogens with zero attached hydrogens (tertiary/aromatic N) is 3. The Morgan fingerprint density at radius 2 is 1.96 bits per heavy atom. The third-order valence-electron chi connectivity index (χ3n) is 4.20. The summed E-state index contributed by atoms with van der Waals surface area (Å²) in [6.07, 6.45) is 0.437. The summed E-state index contributed by atoms with van der Waals surface area (Å²) in [5.74, 6) is 0.173. The first-order valence-electron chi connectivity index (χ1n) is 7.91. The van der Waals surface area contributed by atoms with E-state index >= 15 is 0 Å². The maximum absolute atomic E-state index is 12.5. The second-order valence-electron chi connectivity index (χ2n) is 5.86. The van der Waals surface area contributed by atoms with E-state index in [-0.39, 0.29) is 5.91 Å². The first-order chi connectivity index (χ1) is 12.1. The number of halogens is 2. The molecule has 0 N–H and O–H groups in total. The molecular weight excluding hydrogens is 442 g/mol. The van der Waals surface area contributed by atoms with Crippen molar-refractivity contribution in [3.05, 3.63) is 44.0 Å². The van der Waals surface area contributed by atoms with Gasteiger partial charge in [0.2, 0.25) is 5.91 Å². The number of carbonyl (C=O) groups excluding carboxylic acids is 1. The molecule has 2 aromatic heterocycles.